The summed E-state index contributed by atoms with van der Waals surface area (Å²) in [7, 11) is 1.29. The zero-order valence-electron chi connectivity index (χ0n) is 14.3. The quantitative estimate of drug-likeness (QED) is 0.649. The zero-order valence-corrected chi connectivity index (χ0v) is 15.1. The van der Waals surface area contributed by atoms with E-state index < -0.39 is 23.8 Å². The summed E-state index contributed by atoms with van der Waals surface area (Å²) in [5.41, 5.74) is 1.09. The summed E-state index contributed by atoms with van der Waals surface area (Å²) >= 11 is 1.29. The average molecular weight is 362 g/mol. The van der Waals surface area contributed by atoms with E-state index in [1.807, 2.05) is 19.1 Å². The Morgan fingerprint density at radius 1 is 1.16 bits per heavy atom. The van der Waals surface area contributed by atoms with Crippen molar-refractivity contribution in [2.75, 3.05) is 12.4 Å². The Labute approximate surface area is 149 Å². The van der Waals surface area contributed by atoms with E-state index >= 15 is 0 Å². The highest BCUT2D eigenvalue weighted by Crippen LogP contribution is 2.45. The van der Waals surface area contributed by atoms with Crippen molar-refractivity contribution in [1.82, 2.24) is 0 Å². The van der Waals surface area contributed by atoms with Crippen molar-refractivity contribution in [3.63, 3.8) is 0 Å². The second kappa shape index (κ2) is 6.63. The summed E-state index contributed by atoms with van der Waals surface area (Å²) in [5, 5.41) is 14.8. The molecule has 1 amide bonds. The number of aryl methyl sites for hydroxylation is 1. The maximum absolute atomic E-state index is 12.9. The monoisotopic (exact) mass is 362 g/mol. The number of aliphatic carboxylic acids is 1. The molecule has 0 radical (unpaired) electrons. The molecule has 1 aromatic rings. The molecule has 0 aliphatic heterocycles. The number of thiophene rings is 1. The highest BCUT2D eigenvalue weighted by Gasteiger charge is 2.45. The summed E-state index contributed by atoms with van der Waals surface area (Å²) < 4.78 is 4.81. The van der Waals surface area contributed by atoms with Gasteiger partial charge in [0.1, 0.15) is 5.00 Å². The molecule has 0 saturated heterocycles. The third kappa shape index (κ3) is 2.97. The van der Waals surface area contributed by atoms with Crippen molar-refractivity contribution < 1.29 is 24.2 Å². The molecule has 7 heteroatoms. The molecular formula is C18H20NO5S-. The highest BCUT2D eigenvalue weighted by atomic mass is 32.1. The summed E-state index contributed by atoms with van der Waals surface area (Å²) in [4.78, 5) is 37.4. The Balaban J connectivity index is 1.90. The van der Waals surface area contributed by atoms with Crippen LogP contribution in [0.5, 0.6) is 0 Å². The summed E-state index contributed by atoms with van der Waals surface area (Å²) in [5.74, 6) is -3.87. The minimum Gasteiger partial charge on any atom is -0.550 e. The van der Waals surface area contributed by atoms with Crippen LogP contribution in [-0.4, -0.2) is 25.0 Å². The van der Waals surface area contributed by atoms with Gasteiger partial charge in [0, 0.05) is 16.8 Å². The van der Waals surface area contributed by atoms with Crippen molar-refractivity contribution in [1.29, 1.82) is 0 Å². The van der Waals surface area contributed by atoms with Gasteiger partial charge in [0.25, 0.3) is 0 Å². The van der Waals surface area contributed by atoms with Crippen LogP contribution in [0.15, 0.2) is 12.2 Å². The maximum atomic E-state index is 12.9. The number of hydrogen-bond acceptors (Lipinski definition) is 6. The Hall–Kier alpha value is -2.15. The molecule has 3 aliphatic rings. The molecule has 1 fully saturated rings. The predicted octanol–water partition coefficient (Wildman–Crippen LogP) is 1.67. The predicted molar refractivity (Wildman–Crippen MR) is 91.1 cm³/mol. The van der Waals surface area contributed by atoms with Crippen LogP contribution < -0.4 is 10.4 Å². The molecule has 134 valence electrons. The van der Waals surface area contributed by atoms with Gasteiger partial charge < -0.3 is 20.0 Å². The van der Waals surface area contributed by atoms with Crippen LogP contribution >= 0.6 is 11.3 Å². The maximum Gasteiger partial charge on any atom is 0.341 e. The molecule has 4 rings (SSSR count). The van der Waals surface area contributed by atoms with E-state index in [-0.39, 0.29) is 17.7 Å². The van der Waals surface area contributed by atoms with Crippen LogP contribution in [-0.2, 0) is 14.3 Å². The molecule has 1 aromatic heterocycles. The average Bonchev–Trinajstić information content (AvgIpc) is 2.88. The number of rotatable bonds is 4. The molecule has 4 atom stereocenters. The second-order valence-electron chi connectivity index (χ2n) is 6.63. The number of allylic oxidation sites excluding steroid dienone is 2. The number of esters is 1. The Kier molecular flexibility index (Phi) is 4.69. The van der Waals surface area contributed by atoms with Gasteiger partial charge in [0.15, 0.2) is 0 Å². The lowest BCUT2D eigenvalue weighted by molar-refractivity contribution is -0.316. The van der Waals surface area contributed by atoms with Gasteiger partial charge >= 0.3 is 5.97 Å². The van der Waals surface area contributed by atoms with E-state index in [1.54, 1.807) is 6.92 Å². The summed E-state index contributed by atoms with van der Waals surface area (Å²) in [6.45, 7) is 3.65. The number of carbonyl (C=O) groups excluding carboxylic acids is 3. The number of hydrogen-bond donors (Lipinski definition) is 1. The van der Waals surface area contributed by atoms with E-state index in [0.29, 0.717) is 10.6 Å². The molecule has 0 unspecified atom stereocenters. The molecular weight excluding hydrogens is 342 g/mol. The van der Waals surface area contributed by atoms with Gasteiger partial charge in [-0.1, -0.05) is 12.2 Å². The summed E-state index contributed by atoms with van der Waals surface area (Å²) in [6, 6.07) is 0. The highest BCUT2D eigenvalue weighted by molar-refractivity contribution is 7.16. The minimum atomic E-state index is -1.19. The van der Waals surface area contributed by atoms with Crippen molar-refractivity contribution in [2.45, 2.75) is 26.7 Å². The first-order valence-corrected chi connectivity index (χ1v) is 9.05. The van der Waals surface area contributed by atoms with Crippen molar-refractivity contribution in [3.8, 4) is 0 Å². The minimum absolute atomic E-state index is 0.114. The Morgan fingerprint density at radius 2 is 1.76 bits per heavy atom. The molecule has 1 N–H and O–H groups in total. The van der Waals surface area contributed by atoms with Gasteiger partial charge in [-0.05, 0) is 44.1 Å². The number of carbonyl (C=O) groups is 3. The molecule has 1 saturated carbocycles. The third-order valence-corrected chi connectivity index (χ3v) is 6.46. The molecule has 3 aliphatic carbocycles. The molecule has 1 heterocycles. The number of fused-ring (bicyclic) bond motifs is 2. The van der Waals surface area contributed by atoms with Crippen LogP contribution in [0.25, 0.3) is 0 Å². The molecule has 2 bridgehead atoms. The topological polar surface area (TPSA) is 95.5 Å². The van der Waals surface area contributed by atoms with Crippen LogP contribution in [0.2, 0.25) is 0 Å². The van der Waals surface area contributed by atoms with Crippen LogP contribution in [0, 0.1) is 37.5 Å². The van der Waals surface area contributed by atoms with Crippen LogP contribution in [0.4, 0.5) is 5.00 Å². The Morgan fingerprint density at radius 3 is 2.28 bits per heavy atom. The van der Waals surface area contributed by atoms with Crippen molar-refractivity contribution in [3.05, 3.63) is 28.2 Å². The first-order valence-electron chi connectivity index (χ1n) is 8.23. The number of carboxylic acid groups (broad SMARTS) is 1. The van der Waals surface area contributed by atoms with Gasteiger partial charge in [0.2, 0.25) is 5.91 Å². The lowest BCUT2D eigenvalue weighted by Gasteiger charge is -2.44. The fourth-order valence-electron chi connectivity index (χ4n) is 3.93. The van der Waals surface area contributed by atoms with Crippen LogP contribution in [0.3, 0.4) is 0 Å². The number of ether oxygens (including phenoxy) is 1. The van der Waals surface area contributed by atoms with Gasteiger partial charge in [-0.25, -0.2) is 4.79 Å². The van der Waals surface area contributed by atoms with Gasteiger partial charge in [-0.3, -0.25) is 4.79 Å². The van der Waals surface area contributed by atoms with E-state index in [2.05, 4.69) is 5.32 Å². The van der Waals surface area contributed by atoms with Gasteiger partial charge in [-0.15, -0.1) is 11.3 Å². The third-order valence-electron chi connectivity index (χ3n) is 5.33. The first-order chi connectivity index (χ1) is 11.8. The lowest BCUT2D eigenvalue weighted by Crippen LogP contribution is -2.51. The van der Waals surface area contributed by atoms with Crippen molar-refractivity contribution in [2.24, 2.45) is 23.7 Å². The molecule has 6 nitrogen and oxygen atoms in total. The summed E-state index contributed by atoms with van der Waals surface area (Å²) in [6.07, 6.45) is 5.37. The fourth-order valence-corrected chi connectivity index (χ4v) is 4.98. The number of methoxy groups -OCH3 is 1. The normalized spacial score (nSPS) is 27.2. The molecule has 0 aromatic carbocycles. The Bertz CT molecular complexity index is 766. The lowest BCUT2D eigenvalue weighted by atomic mass is 9.62. The molecule has 0 spiro atoms. The first kappa shape index (κ1) is 17.7. The van der Waals surface area contributed by atoms with Gasteiger partial charge in [0.05, 0.1) is 18.6 Å². The number of amides is 1. The van der Waals surface area contributed by atoms with E-state index in [4.69, 9.17) is 4.74 Å². The smallest absolute Gasteiger partial charge is 0.341 e. The number of nitrogens with one attached hydrogen (secondary N) is 1. The number of anilines is 1. The number of carboxylic acids is 1. The van der Waals surface area contributed by atoms with E-state index in [1.165, 1.54) is 18.4 Å². The standard InChI is InChI=1S/C18H21NO5S/c1-8-9(2)25-16(12(8)18(23)24-3)19-15(20)13-10-4-6-11(7-5-10)14(13)17(21)22/h4,6,10-11,13-14H,5,7H2,1-3H3,(H,19,20)(H,21,22)/p-1/t10-,11+,13-,14+/m1/s1. The molecule has 25 heavy (non-hydrogen) atoms. The van der Waals surface area contributed by atoms with Crippen LogP contribution in [0.1, 0.15) is 33.6 Å². The SMILES string of the molecule is COC(=O)c1c(NC(=O)[C@H]2[C@@H](C(=O)[O-])[C@H]3C=C[C@@H]2CC3)sc(C)c1C. The van der Waals surface area contributed by atoms with Gasteiger partial charge in [-0.2, -0.15) is 0 Å². The van der Waals surface area contributed by atoms with Crippen molar-refractivity contribution >= 4 is 34.2 Å². The zero-order chi connectivity index (χ0) is 18.3. The second-order valence-corrected chi connectivity index (χ2v) is 7.85. The largest absolute Gasteiger partial charge is 0.550 e. The van der Waals surface area contributed by atoms with E-state index in [0.717, 1.165) is 23.3 Å². The van der Waals surface area contributed by atoms with E-state index in [9.17, 15) is 19.5 Å². The fraction of sp³-hybridized carbons (Fsp3) is 0.500.